The Kier molecular flexibility index (Phi) is 5.58. The number of nitrogens with two attached hydrogens (primary N) is 1. The molecule has 5 N–H and O–H groups in total. The Morgan fingerprint density at radius 3 is 2.78 bits per heavy atom. The van der Waals surface area contributed by atoms with Gasteiger partial charge in [-0.3, -0.25) is 4.79 Å². The SMILES string of the molecule is C[C@@H](O)[C@H]1C(=O)N2C(C(=O)[O-])=C(S[C@H]3CN[C@H](CNS(N)(=O)=O)C3)[C@H](C)[C@H]12. The molecule has 2 saturated heterocycles. The summed E-state index contributed by atoms with van der Waals surface area (Å²) in [5, 5.41) is 29.6. The second-order valence-electron chi connectivity index (χ2n) is 7.23. The van der Waals surface area contributed by atoms with Gasteiger partial charge in [0.2, 0.25) is 5.91 Å². The van der Waals surface area contributed by atoms with Crippen molar-refractivity contribution in [3.63, 3.8) is 0 Å². The Hall–Kier alpha value is -1.18. The Bertz CT molecular complexity index is 783. The van der Waals surface area contributed by atoms with Gasteiger partial charge >= 0.3 is 0 Å². The minimum atomic E-state index is -3.77. The van der Waals surface area contributed by atoms with Crippen LogP contribution in [0.5, 0.6) is 0 Å². The molecule has 0 bridgehead atoms. The number of hydrogen-bond donors (Lipinski definition) is 4. The fourth-order valence-corrected chi connectivity index (χ4v) is 6.04. The standard InChI is InChI=1S/C15H24N4O6S2/c1-6-11-10(7(2)20)14(21)19(11)12(15(22)23)13(6)26-9-3-8(17-5-9)4-18-27(16,24)25/h6-11,17-18,20H,3-5H2,1-2H3,(H,22,23)(H2,16,24,25)/p-1/t6-,7-,8+,9-,10-,11-/m1/s1. The molecule has 10 nitrogen and oxygen atoms in total. The number of carbonyl (C=O) groups is 2. The zero-order valence-corrected chi connectivity index (χ0v) is 16.5. The molecule has 12 heteroatoms. The minimum absolute atomic E-state index is 0.0166. The molecule has 0 aromatic rings. The highest BCUT2D eigenvalue weighted by Gasteiger charge is 2.58. The molecular weight excluding hydrogens is 396 g/mol. The van der Waals surface area contributed by atoms with E-state index in [4.69, 9.17) is 5.14 Å². The molecule has 0 aliphatic carbocycles. The van der Waals surface area contributed by atoms with Crippen molar-refractivity contribution in [2.45, 2.75) is 43.7 Å². The minimum Gasteiger partial charge on any atom is -0.543 e. The number of carboxylic acids is 1. The molecule has 0 radical (unpaired) electrons. The molecule has 3 aliphatic rings. The van der Waals surface area contributed by atoms with Crippen molar-refractivity contribution in [3.8, 4) is 0 Å². The lowest BCUT2D eigenvalue weighted by Crippen LogP contribution is -2.64. The summed E-state index contributed by atoms with van der Waals surface area (Å²) >= 11 is 1.37. The Balaban J connectivity index is 1.71. The van der Waals surface area contributed by atoms with E-state index in [1.165, 1.54) is 23.6 Å². The number of fused-ring (bicyclic) bond motifs is 1. The average molecular weight is 420 g/mol. The maximum atomic E-state index is 12.3. The van der Waals surface area contributed by atoms with Crippen molar-refractivity contribution in [1.82, 2.24) is 14.9 Å². The van der Waals surface area contributed by atoms with Gasteiger partial charge in [-0.05, 0) is 13.3 Å². The van der Waals surface area contributed by atoms with Gasteiger partial charge in [-0.15, -0.1) is 11.8 Å². The predicted molar refractivity (Wildman–Crippen MR) is 95.9 cm³/mol. The van der Waals surface area contributed by atoms with E-state index in [9.17, 15) is 28.2 Å². The molecule has 0 spiro atoms. The van der Waals surface area contributed by atoms with E-state index in [0.717, 1.165) is 0 Å². The van der Waals surface area contributed by atoms with Crippen LogP contribution in [-0.4, -0.2) is 66.8 Å². The van der Waals surface area contributed by atoms with Crippen LogP contribution >= 0.6 is 11.8 Å². The zero-order chi connectivity index (χ0) is 20.1. The first-order valence-electron chi connectivity index (χ1n) is 8.65. The van der Waals surface area contributed by atoms with Gasteiger partial charge in [-0.1, -0.05) is 6.92 Å². The maximum absolute atomic E-state index is 12.3. The smallest absolute Gasteiger partial charge is 0.274 e. The number of carbonyl (C=O) groups excluding carboxylic acids is 2. The second kappa shape index (κ2) is 7.33. The third-order valence-electron chi connectivity index (χ3n) is 5.31. The predicted octanol–water partition coefficient (Wildman–Crippen LogP) is -2.94. The number of β-lactam (4-membered cyclic amide) rings is 1. The van der Waals surface area contributed by atoms with Crippen LogP contribution in [0.2, 0.25) is 0 Å². The van der Waals surface area contributed by atoms with E-state index in [1.807, 2.05) is 6.92 Å². The van der Waals surface area contributed by atoms with E-state index in [-0.39, 0.29) is 35.5 Å². The number of nitrogens with one attached hydrogen (secondary N) is 2. The molecule has 0 aromatic carbocycles. The molecule has 0 unspecified atom stereocenters. The normalized spacial score (nSPS) is 34.6. The molecular formula is C15H23N4O6S2-. The van der Waals surface area contributed by atoms with Gasteiger partial charge in [-0.25, -0.2) is 9.86 Å². The number of rotatable bonds is 7. The van der Waals surface area contributed by atoms with Crippen molar-refractivity contribution >= 4 is 33.8 Å². The van der Waals surface area contributed by atoms with Crippen LogP contribution in [0.15, 0.2) is 10.6 Å². The summed E-state index contributed by atoms with van der Waals surface area (Å²) < 4.78 is 24.2. The molecule has 0 saturated carbocycles. The quantitative estimate of drug-likeness (QED) is 0.318. The highest BCUT2D eigenvalue weighted by Crippen LogP contribution is 2.51. The van der Waals surface area contributed by atoms with E-state index >= 15 is 0 Å². The number of hydrogen-bond acceptors (Lipinski definition) is 8. The van der Waals surface area contributed by atoms with Crippen molar-refractivity contribution in [2.24, 2.45) is 17.0 Å². The summed E-state index contributed by atoms with van der Waals surface area (Å²) in [6, 6.07) is -0.490. The number of amides is 1. The van der Waals surface area contributed by atoms with Crippen LogP contribution in [-0.2, 0) is 19.8 Å². The van der Waals surface area contributed by atoms with Crippen molar-refractivity contribution in [1.29, 1.82) is 0 Å². The third-order valence-corrected chi connectivity index (χ3v) is 7.39. The number of carboxylic acid groups (broad SMARTS) is 1. The van der Waals surface area contributed by atoms with Crippen LogP contribution in [0.25, 0.3) is 0 Å². The maximum Gasteiger partial charge on any atom is 0.274 e. The molecule has 3 aliphatic heterocycles. The summed E-state index contributed by atoms with van der Waals surface area (Å²) in [4.78, 5) is 25.8. The van der Waals surface area contributed by atoms with Crippen LogP contribution in [0.3, 0.4) is 0 Å². The van der Waals surface area contributed by atoms with E-state index in [0.29, 0.717) is 17.9 Å². The summed E-state index contributed by atoms with van der Waals surface area (Å²) in [7, 11) is -3.77. The first-order valence-corrected chi connectivity index (χ1v) is 11.1. The first-order chi connectivity index (χ1) is 12.5. The molecule has 3 rings (SSSR count). The highest BCUT2D eigenvalue weighted by atomic mass is 32.2. The number of aliphatic hydroxyl groups excluding tert-OH is 1. The summed E-state index contributed by atoms with van der Waals surface area (Å²) in [5.74, 6) is -2.62. The van der Waals surface area contributed by atoms with E-state index in [1.54, 1.807) is 0 Å². The van der Waals surface area contributed by atoms with Crippen LogP contribution in [0, 0.1) is 11.8 Å². The van der Waals surface area contributed by atoms with Crippen molar-refractivity contribution < 1.29 is 28.2 Å². The topological polar surface area (TPSA) is 165 Å². The number of aliphatic hydroxyl groups is 1. The first kappa shape index (κ1) is 20.6. The average Bonchev–Trinajstić information content (AvgIpc) is 3.07. The molecule has 0 aromatic heterocycles. The van der Waals surface area contributed by atoms with Gasteiger partial charge in [-0.2, -0.15) is 8.42 Å². The van der Waals surface area contributed by atoms with Crippen LogP contribution in [0.4, 0.5) is 0 Å². The summed E-state index contributed by atoms with van der Waals surface area (Å²) in [5.41, 5.74) is -0.106. The largest absolute Gasteiger partial charge is 0.543 e. The Morgan fingerprint density at radius 1 is 1.56 bits per heavy atom. The van der Waals surface area contributed by atoms with Gasteiger partial charge < -0.3 is 25.2 Å². The van der Waals surface area contributed by atoms with Crippen LogP contribution < -0.4 is 20.3 Å². The third kappa shape index (κ3) is 3.87. The monoisotopic (exact) mass is 419 g/mol. The zero-order valence-electron chi connectivity index (χ0n) is 14.9. The van der Waals surface area contributed by atoms with Gasteiger partial charge in [0.05, 0.1) is 29.7 Å². The molecule has 1 amide bonds. The van der Waals surface area contributed by atoms with Crippen molar-refractivity contribution in [3.05, 3.63) is 10.6 Å². The second-order valence-corrected chi connectivity index (χ2v) is 9.95. The van der Waals surface area contributed by atoms with E-state index < -0.39 is 34.1 Å². The number of aliphatic carboxylic acids is 1. The lowest BCUT2D eigenvalue weighted by Gasteiger charge is -2.47. The summed E-state index contributed by atoms with van der Waals surface area (Å²) in [6.45, 7) is 4.09. The molecule has 2 fully saturated rings. The fourth-order valence-electron chi connectivity index (χ4n) is 4.09. The molecule has 6 atom stereocenters. The Labute approximate surface area is 161 Å². The number of nitrogens with zero attached hydrogens (tertiary/aromatic N) is 1. The Morgan fingerprint density at radius 2 is 2.22 bits per heavy atom. The molecule has 152 valence electrons. The van der Waals surface area contributed by atoms with Gasteiger partial charge in [0.1, 0.15) is 0 Å². The number of thioether (sulfide) groups is 1. The molecule has 3 heterocycles. The van der Waals surface area contributed by atoms with Gasteiger partial charge in [0.15, 0.2) is 0 Å². The lowest BCUT2D eigenvalue weighted by molar-refractivity contribution is -0.301. The fraction of sp³-hybridized carbons (Fsp3) is 0.733. The highest BCUT2D eigenvalue weighted by molar-refractivity contribution is 8.03. The van der Waals surface area contributed by atoms with Crippen LogP contribution in [0.1, 0.15) is 20.3 Å². The lowest BCUT2D eigenvalue weighted by atomic mass is 9.79. The van der Waals surface area contributed by atoms with Gasteiger partial charge in [0, 0.05) is 35.2 Å². The van der Waals surface area contributed by atoms with Crippen molar-refractivity contribution in [2.75, 3.05) is 13.1 Å². The van der Waals surface area contributed by atoms with E-state index in [2.05, 4.69) is 10.0 Å². The summed E-state index contributed by atoms with van der Waals surface area (Å²) in [6.07, 6.45) is -0.238. The van der Waals surface area contributed by atoms with Gasteiger partial charge in [0.25, 0.3) is 10.2 Å². The molecule has 27 heavy (non-hydrogen) atoms.